The second-order valence-electron chi connectivity index (χ2n) is 4.33. The second kappa shape index (κ2) is 5.68. The van der Waals surface area contributed by atoms with Crippen molar-refractivity contribution in [3.8, 4) is 0 Å². The average Bonchev–Trinajstić information content (AvgIpc) is 2.71. The number of halogens is 1. The molecular formula is C15H15ClOS. The Hall–Kier alpha value is -1.12. The van der Waals surface area contributed by atoms with Crippen LogP contribution in [0, 0.1) is 6.92 Å². The number of hydrogen-bond donors (Lipinski definition) is 0. The first-order valence-corrected chi connectivity index (χ1v) is 7.22. The maximum Gasteiger partial charge on any atom is 0.178 e. The predicted octanol–water partition coefficient (Wildman–Crippen LogP) is 4.70. The minimum atomic E-state index is 0.0994. The first-order chi connectivity index (χ1) is 8.61. The van der Waals surface area contributed by atoms with Crippen molar-refractivity contribution in [3.05, 3.63) is 56.2 Å². The molecule has 0 aliphatic carbocycles. The van der Waals surface area contributed by atoms with Gasteiger partial charge >= 0.3 is 0 Å². The number of benzene rings is 1. The standard InChI is InChI=1S/C15H15ClOS/c1-3-11-4-6-12(7-5-11)8-13(17)15-14(16)10(2)9-18-15/h4-7,9H,3,8H2,1-2H3. The molecule has 1 heterocycles. The van der Waals surface area contributed by atoms with Gasteiger partial charge in [0.2, 0.25) is 0 Å². The van der Waals surface area contributed by atoms with E-state index < -0.39 is 0 Å². The van der Waals surface area contributed by atoms with E-state index in [2.05, 4.69) is 19.1 Å². The lowest BCUT2D eigenvalue weighted by molar-refractivity contribution is 0.0997. The van der Waals surface area contributed by atoms with Gasteiger partial charge in [-0.1, -0.05) is 42.8 Å². The lowest BCUT2D eigenvalue weighted by Crippen LogP contribution is -2.02. The highest BCUT2D eigenvalue weighted by Crippen LogP contribution is 2.28. The van der Waals surface area contributed by atoms with Crippen LogP contribution >= 0.6 is 22.9 Å². The molecule has 1 aromatic carbocycles. The van der Waals surface area contributed by atoms with Crippen LogP contribution in [0.15, 0.2) is 29.6 Å². The van der Waals surface area contributed by atoms with Gasteiger partial charge in [0.25, 0.3) is 0 Å². The van der Waals surface area contributed by atoms with Crippen molar-refractivity contribution in [3.63, 3.8) is 0 Å². The molecule has 0 aliphatic heterocycles. The fraction of sp³-hybridized carbons (Fsp3) is 0.267. The molecule has 18 heavy (non-hydrogen) atoms. The number of rotatable bonds is 4. The number of aryl methyl sites for hydroxylation is 2. The zero-order chi connectivity index (χ0) is 13.1. The van der Waals surface area contributed by atoms with E-state index in [-0.39, 0.29) is 5.78 Å². The predicted molar refractivity (Wildman–Crippen MR) is 77.9 cm³/mol. The molecule has 0 saturated carbocycles. The van der Waals surface area contributed by atoms with Gasteiger partial charge in [-0.2, -0.15) is 0 Å². The van der Waals surface area contributed by atoms with E-state index in [0.717, 1.165) is 17.5 Å². The number of carbonyl (C=O) groups is 1. The molecule has 0 amide bonds. The Kier molecular flexibility index (Phi) is 4.20. The van der Waals surface area contributed by atoms with Crippen LogP contribution in [0.4, 0.5) is 0 Å². The summed E-state index contributed by atoms with van der Waals surface area (Å²) in [4.78, 5) is 12.8. The zero-order valence-corrected chi connectivity index (χ0v) is 12.1. The summed E-state index contributed by atoms with van der Waals surface area (Å²) in [6, 6.07) is 8.18. The first-order valence-electron chi connectivity index (χ1n) is 5.96. The molecule has 0 radical (unpaired) electrons. The molecule has 1 aromatic heterocycles. The number of hydrogen-bond acceptors (Lipinski definition) is 2. The van der Waals surface area contributed by atoms with Crippen molar-refractivity contribution in [1.82, 2.24) is 0 Å². The normalized spacial score (nSPS) is 10.6. The highest BCUT2D eigenvalue weighted by Gasteiger charge is 2.14. The average molecular weight is 279 g/mol. The molecule has 0 aliphatic rings. The number of carbonyl (C=O) groups excluding carboxylic acids is 1. The Morgan fingerprint density at radius 2 is 1.83 bits per heavy atom. The SMILES string of the molecule is CCc1ccc(CC(=O)c2scc(C)c2Cl)cc1. The minimum absolute atomic E-state index is 0.0994. The Morgan fingerprint density at radius 3 is 2.33 bits per heavy atom. The molecule has 0 fully saturated rings. The van der Waals surface area contributed by atoms with E-state index in [0.29, 0.717) is 16.3 Å². The van der Waals surface area contributed by atoms with Gasteiger partial charge in [-0.15, -0.1) is 11.3 Å². The van der Waals surface area contributed by atoms with E-state index >= 15 is 0 Å². The van der Waals surface area contributed by atoms with Crippen LogP contribution in [-0.2, 0) is 12.8 Å². The number of thiophene rings is 1. The Balaban J connectivity index is 2.13. The van der Waals surface area contributed by atoms with Gasteiger partial charge in [0.05, 0.1) is 9.90 Å². The highest BCUT2D eigenvalue weighted by molar-refractivity contribution is 7.13. The van der Waals surface area contributed by atoms with Crippen molar-refractivity contribution in [2.75, 3.05) is 0 Å². The van der Waals surface area contributed by atoms with Crippen LogP contribution in [0.2, 0.25) is 5.02 Å². The third kappa shape index (κ3) is 2.82. The molecule has 94 valence electrons. The van der Waals surface area contributed by atoms with E-state index in [1.807, 2.05) is 24.4 Å². The molecule has 0 saturated heterocycles. The second-order valence-corrected chi connectivity index (χ2v) is 5.59. The summed E-state index contributed by atoms with van der Waals surface area (Å²) >= 11 is 7.54. The Bertz CT molecular complexity index is 554. The van der Waals surface area contributed by atoms with Crippen molar-refractivity contribution >= 4 is 28.7 Å². The minimum Gasteiger partial charge on any atom is -0.293 e. The smallest absolute Gasteiger partial charge is 0.178 e. The summed E-state index contributed by atoms with van der Waals surface area (Å²) in [6.45, 7) is 4.04. The summed E-state index contributed by atoms with van der Waals surface area (Å²) in [5, 5.41) is 2.53. The van der Waals surface area contributed by atoms with Gasteiger partial charge in [-0.3, -0.25) is 4.79 Å². The van der Waals surface area contributed by atoms with Gasteiger partial charge < -0.3 is 0 Å². The van der Waals surface area contributed by atoms with E-state index in [9.17, 15) is 4.79 Å². The van der Waals surface area contributed by atoms with Crippen molar-refractivity contribution < 1.29 is 4.79 Å². The first kappa shape index (κ1) is 13.3. The summed E-state index contributed by atoms with van der Waals surface area (Å²) in [6.07, 6.45) is 1.44. The molecule has 2 aromatic rings. The Labute approximate surface area is 116 Å². The molecule has 0 spiro atoms. The van der Waals surface area contributed by atoms with Crippen molar-refractivity contribution in [1.29, 1.82) is 0 Å². The van der Waals surface area contributed by atoms with Crippen LogP contribution in [0.1, 0.15) is 33.3 Å². The van der Waals surface area contributed by atoms with E-state index in [1.54, 1.807) is 0 Å². The number of Topliss-reactive ketones (excluding diaryl/α,β-unsaturated/α-hetero) is 1. The van der Waals surface area contributed by atoms with Gasteiger partial charge in [0.1, 0.15) is 0 Å². The third-order valence-corrected chi connectivity index (χ3v) is 4.69. The number of ketones is 1. The fourth-order valence-corrected chi connectivity index (χ4v) is 3.02. The lowest BCUT2D eigenvalue weighted by Gasteiger charge is -2.02. The van der Waals surface area contributed by atoms with Gasteiger partial charge in [0.15, 0.2) is 5.78 Å². The van der Waals surface area contributed by atoms with Gasteiger partial charge in [-0.25, -0.2) is 0 Å². The van der Waals surface area contributed by atoms with Crippen LogP contribution in [0.3, 0.4) is 0 Å². The molecular weight excluding hydrogens is 264 g/mol. The Morgan fingerprint density at radius 1 is 1.22 bits per heavy atom. The topological polar surface area (TPSA) is 17.1 Å². The zero-order valence-electron chi connectivity index (χ0n) is 10.5. The summed E-state index contributed by atoms with van der Waals surface area (Å²) in [5.41, 5.74) is 3.31. The highest BCUT2D eigenvalue weighted by atomic mass is 35.5. The van der Waals surface area contributed by atoms with Crippen LogP contribution < -0.4 is 0 Å². The molecule has 3 heteroatoms. The monoisotopic (exact) mass is 278 g/mol. The maximum absolute atomic E-state index is 12.1. The van der Waals surface area contributed by atoms with Crippen LogP contribution in [0.5, 0.6) is 0 Å². The summed E-state index contributed by atoms with van der Waals surface area (Å²) in [5.74, 6) is 0.0994. The molecule has 0 bridgehead atoms. The van der Waals surface area contributed by atoms with Crippen molar-refractivity contribution in [2.24, 2.45) is 0 Å². The van der Waals surface area contributed by atoms with E-state index in [4.69, 9.17) is 11.6 Å². The van der Waals surface area contributed by atoms with E-state index in [1.165, 1.54) is 16.9 Å². The fourth-order valence-electron chi connectivity index (χ4n) is 1.78. The molecule has 0 N–H and O–H groups in total. The van der Waals surface area contributed by atoms with Crippen molar-refractivity contribution in [2.45, 2.75) is 26.7 Å². The van der Waals surface area contributed by atoms with Crippen LogP contribution in [-0.4, -0.2) is 5.78 Å². The molecule has 0 atom stereocenters. The quantitative estimate of drug-likeness (QED) is 0.741. The van der Waals surface area contributed by atoms with Gasteiger partial charge in [0, 0.05) is 6.42 Å². The largest absolute Gasteiger partial charge is 0.293 e. The molecule has 0 unspecified atom stereocenters. The van der Waals surface area contributed by atoms with Crippen LogP contribution in [0.25, 0.3) is 0 Å². The maximum atomic E-state index is 12.1. The summed E-state index contributed by atoms with van der Waals surface area (Å²) in [7, 11) is 0. The lowest BCUT2D eigenvalue weighted by atomic mass is 10.0. The van der Waals surface area contributed by atoms with Gasteiger partial charge in [-0.05, 0) is 35.4 Å². The summed E-state index contributed by atoms with van der Waals surface area (Å²) < 4.78 is 0. The molecule has 1 nitrogen and oxygen atoms in total. The molecule has 2 rings (SSSR count). The third-order valence-electron chi connectivity index (χ3n) is 2.95.